The zero-order valence-corrected chi connectivity index (χ0v) is 13.7. The first kappa shape index (κ1) is 14.4. The largest absolute Gasteiger partial charge is 0.353 e. The highest BCUT2D eigenvalue weighted by Gasteiger charge is 2.42. The average Bonchev–Trinajstić information content (AvgIpc) is 3.12. The lowest BCUT2D eigenvalue weighted by atomic mass is 9.84. The number of aryl methyl sites for hydroxylation is 1. The zero-order chi connectivity index (χ0) is 14.1. The standard InChI is InChI=1S/C15H22N2OS2/c1-9-7-19-15(16-9)20-8-14(18)17-10(2)13-6-11-3-4-12(13)5-11/h7,10-13H,3-6,8H2,1-2H3,(H,17,18)/t10-,11+,12+,13-/m1/s1. The number of nitrogens with one attached hydrogen (secondary N) is 1. The summed E-state index contributed by atoms with van der Waals surface area (Å²) in [5.74, 6) is 3.16. The Bertz CT molecular complexity index is 488. The van der Waals surface area contributed by atoms with Crippen LogP contribution in [0.25, 0.3) is 0 Å². The fourth-order valence-corrected chi connectivity index (χ4v) is 5.50. The number of thiazole rings is 1. The van der Waals surface area contributed by atoms with Gasteiger partial charge in [0.2, 0.25) is 5.91 Å². The van der Waals surface area contributed by atoms with Gasteiger partial charge in [0.15, 0.2) is 4.34 Å². The van der Waals surface area contributed by atoms with E-state index in [9.17, 15) is 4.79 Å². The third kappa shape index (κ3) is 3.19. The number of carbonyl (C=O) groups is 1. The van der Waals surface area contributed by atoms with Crippen molar-refractivity contribution in [1.82, 2.24) is 10.3 Å². The molecule has 0 saturated heterocycles. The Morgan fingerprint density at radius 1 is 1.55 bits per heavy atom. The summed E-state index contributed by atoms with van der Waals surface area (Å²) in [4.78, 5) is 16.4. The van der Waals surface area contributed by atoms with Gasteiger partial charge in [-0.15, -0.1) is 11.3 Å². The lowest BCUT2D eigenvalue weighted by Crippen LogP contribution is -2.40. The van der Waals surface area contributed by atoms with E-state index in [1.807, 2.05) is 12.3 Å². The van der Waals surface area contributed by atoms with E-state index in [-0.39, 0.29) is 5.91 Å². The van der Waals surface area contributed by atoms with Crippen molar-refractivity contribution in [2.45, 2.75) is 49.9 Å². The van der Waals surface area contributed by atoms with Gasteiger partial charge in [0, 0.05) is 17.1 Å². The van der Waals surface area contributed by atoms with Crippen LogP contribution in [0.5, 0.6) is 0 Å². The molecule has 3 rings (SSSR count). The summed E-state index contributed by atoms with van der Waals surface area (Å²) >= 11 is 3.16. The van der Waals surface area contributed by atoms with E-state index in [0.29, 0.717) is 17.7 Å². The second-order valence-electron chi connectivity index (χ2n) is 6.24. The summed E-state index contributed by atoms with van der Waals surface area (Å²) < 4.78 is 0.991. The highest BCUT2D eigenvalue weighted by atomic mass is 32.2. The summed E-state index contributed by atoms with van der Waals surface area (Å²) in [6.07, 6.45) is 5.52. The Morgan fingerprint density at radius 3 is 3.00 bits per heavy atom. The van der Waals surface area contributed by atoms with E-state index in [1.54, 1.807) is 23.1 Å². The molecule has 1 heterocycles. The number of nitrogens with zero attached hydrogens (tertiary/aromatic N) is 1. The third-order valence-corrected chi connectivity index (χ3v) is 6.89. The van der Waals surface area contributed by atoms with Gasteiger partial charge in [-0.1, -0.05) is 18.2 Å². The van der Waals surface area contributed by atoms with Crippen LogP contribution in [0, 0.1) is 24.7 Å². The normalized spacial score (nSPS) is 29.6. The second-order valence-corrected chi connectivity index (χ2v) is 8.32. The highest BCUT2D eigenvalue weighted by molar-refractivity contribution is 8.01. The van der Waals surface area contributed by atoms with E-state index in [0.717, 1.165) is 21.9 Å². The van der Waals surface area contributed by atoms with Crippen molar-refractivity contribution < 1.29 is 4.79 Å². The molecule has 4 atom stereocenters. The van der Waals surface area contributed by atoms with Crippen LogP contribution in [0.1, 0.15) is 38.3 Å². The maximum absolute atomic E-state index is 12.0. The second kappa shape index (κ2) is 6.06. The molecule has 2 bridgehead atoms. The molecule has 20 heavy (non-hydrogen) atoms. The van der Waals surface area contributed by atoms with Crippen LogP contribution in [0.15, 0.2) is 9.72 Å². The molecule has 2 fully saturated rings. The van der Waals surface area contributed by atoms with E-state index >= 15 is 0 Å². The smallest absolute Gasteiger partial charge is 0.230 e. The molecule has 0 radical (unpaired) electrons. The molecule has 3 nitrogen and oxygen atoms in total. The fourth-order valence-electron chi connectivity index (χ4n) is 3.83. The molecular weight excluding hydrogens is 288 g/mol. The van der Waals surface area contributed by atoms with Crippen LogP contribution in [-0.2, 0) is 4.79 Å². The molecule has 2 saturated carbocycles. The maximum Gasteiger partial charge on any atom is 0.230 e. The number of hydrogen-bond donors (Lipinski definition) is 1. The maximum atomic E-state index is 12.0. The first-order valence-electron chi connectivity index (χ1n) is 7.46. The molecule has 5 heteroatoms. The number of aromatic nitrogens is 1. The molecule has 0 unspecified atom stereocenters. The summed E-state index contributed by atoms with van der Waals surface area (Å²) in [6.45, 7) is 4.17. The van der Waals surface area contributed by atoms with Gasteiger partial charge < -0.3 is 5.32 Å². The molecule has 0 spiro atoms. The lowest BCUT2D eigenvalue weighted by molar-refractivity contribution is -0.119. The molecule has 1 aromatic heterocycles. The third-order valence-electron chi connectivity index (χ3n) is 4.75. The van der Waals surface area contributed by atoms with E-state index in [2.05, 4.69) is 17.2 Å². The van der Waals surface area contributed by atoms with Crippen LogP contribution in [-0.4, -0.2) is 22.7 Å². The SMILES string of the molecule is Cc1csc(SCC(=O)N[C@H](C)[C@H]2C[C@H]3CC[C@H]2C3)n1. The Kier molecular flexibility index (Phi) is 4.36. The predicted molar refractivity (Wildman–Crippen MR) is 84.1 cm³/mol. The summed E-state index contributed by atoms with van der Waals surface area (Å²) in [5, 5.41) is 5.23. The van der Waals surface area contributed by atoms with E-state index in [4.69, 9.17) is 0 Å². The molecule has 1 N–H and O–H groups in total. The number of amides is 1. The number of fused-ring (bicyclic) bond motifs is 2. The quantitative estimate of drug-likeness (QED) is 0.847. The van der Waals surface area contributed by atoms with Crippen LogP contribution in [0.3, 0.4) is 0 Å². The summed E-state index contributed by atoms with van der Waals surface area (Å²) in [6, 6.07) is 0.330. The minimum absolute atomic E-state index is 0.151. The van der Waals surface area contributed by atoms with Gasteiger partial charge in [-0.25, -0.2) is 4.98 Å². The number of rotatable bonds is 5. The minimum atomic E-state index is 0.151. The van der Waals surface area contributed by atoms with Gasteiger partial charge in [-0.3, -0.25) is 4.79 Å². The Morgan fingerprint density at radius 2 is 2.40 bits per heavy atom. The molecule has 0 aliphatic heterocycles. The first-order valence-corrected chi connectivity index (χ1v) is 9.32. The van der Waals surface area contributed by atoms with Crippen molar-refractivity contribution in [3.8, 4) is 0 Å². The molecule has 2 aliphatic rings. The number of hydrogen-bond acceptors (Lipinski definition) is 4. The molecule has 110 valence electrons. The predicted octanol–water partition coefficient (Wildman–Crippen LogP) is 3.48. The Labute approximate surface area is 128 Å². The average molecular weight is 310 g/mol. The van der Waals surface area contributed by atoms with Gasteiger partial charge in [0.25, 0.3) is 0 Å². The molecule has 1 amide bonds. The molecular formula is C15H22N2OS2. The van der Waals surface area contributed by atoms with Gasteiger partial charge in [0.05, 0.1) is 5.75 Å². The molecule has 1 aromatic rings. The Balaban J connectivity index is 1.44. The zero-order valence-electron chi connectivity index (χ0n) is 12.1. The van der Waals surface area contributed by atoms with E-state index in [1.165, 1.54) is 25.7 Å². The van der Waals surface area contributed by atoms with Crippen molar-refractivity contribution in [2.75, 3.05) is 5.75 Å². The van der Waals surface area contributed by atoms with Crippen molar-refractivity contribution >= 4 is 29.0 Å². The monoisotopic (exact) mass is 310 g/mol. The molecule has 0 aromatic carbocycles. The Hall–Kier alpha value is -0.550. The van der Waals surface area contributed by atoms with Crippen molar-refractivity contribution in [2.24, 2.45) is 17.8 Å². The number of carbonyl (C=O) groups excluding carboxylic acids is 1. The van der Waals surface area contributed by atoms with Crippen LogP contribution >= 0.6 is 23.1 Å². The van der Waals surface area contributed by atoms with Gasteiger partial charge in [-0.05, 0) is 50.9 Å². The van der Waals surface area contributed by atoms with Crippen molar-refractivity contribution in [3.05, 3.63) is 11.1 Å². The minimum Gasteiger partial charge on any atom is -0.353 e. The summed E-state index contributed by atoms with van der Waals surface area (Å²) in [7, 11) is 0. The van der Waals surface area contributed by atoms with Gasteiger partial charge >= 0.3 is 0 Å². The number of thioether (sulfide) groups is 1. The first-order chi connectivity index (χ1) is 9.61. The van der Waals surface area contributed by atoms with Gasteiger partial charge in [0.1, 0.15) is 0 Å². The van der Waals surface area contributed by atoms with Crippen LogP contribution < -0.4 is 5.32 Å². The van der Waals surface area contributed by atoms with Crippen LogP contribution in [0.4, 0.5) is 0 Å². The summed E-state index contributed by atoms with van der Waals surface area (Å²) in [5.41, 5.74) is 1.04. The fraction of sp³-hybridized carbons (Fsp3) is 0.733. The highest BCUT2D eigenvalue weighted by Crippen LogP contribution is 2.49. The van der Waals surface area contributed by atoms with Crippen LogP contribution in [0.2, 0.25) is 0 Å². The van der Waals surface area contributed by atoms with Crippen molar-refractivity contribution in [3.63, 3.8) is 0 Å². The molecule has 2 aliphatic carbocycles. The van der Waals surface area contributed by atoms with Gasteiger partial charge in [-0.2, -0.15) is 0 Å². The lowest BCUT2D eigenvalue weighted by Gasteiger charge is -2.28. The van der Waals surface area contributed by atoms with Crippen molar-refractivity contribution in [1.29, 1.82) is 0 Å². The van der Waals surface area contributed by atoms with E-state index < -0.39 is 0 Å². The topological polar surface area (TPSA) is 42.0 Å².